The smallest absolute Gasteiger partial charge is 0.223 e. The molecule has 2 unspecified atom stereocenters. The Hall–Kier alpha value is -1.26. The molecule has 0 radical (unpaired) electrons. The maximum atomic E-state index is 12.3. The van der Waals surface area contributed by atoms with Crippen molar-refractivity contribution in [2.75, 3.05) is 26.7 Å². The van der Waals surface area contributed by atoms with Gasteiger partial charge in [-0.2, -0.15) is 0 Å². The fourth-order valence-electron chi connectivity index (χ4n) is 2.83. The highest BCUT2D eigenvalue weighted by Gasteiger charge is 2.26. The predicted molar refractivity (Wildman–Crippen MR) is 87.0 cm³/mol. The summed E-state index contributed by atoms with van der Waals surface area (Å²) < 4.78 is 5.37. The Balaban J connectivity index is 0.00000220. The van der Waals surface area contributed by atoms with Gasteiger partial charge in [-0.1, -0.05) is 25.1 Å². The number of halogens is 1. The first-order valence-corrected chi connectivity index (χ1v) is 7.26. The summed E-state index contributed by atoms with van der Waals surface area (Å²) in [4.78, 5) is 14.3. The Morgan fingerprint density at radius 3 is 2.81 bits per heavy atom. The zero-order valence-electron chi connectivity index (χ0n) is 12.7. The fraction of sp³-hybridized carbons (Fsp3) is 0.562. The molecule has 0 aromatic heterocycles. The van der Waals surface area contributed by atoms with Gasteiger partial charge in [-0.25, -0.2) is 0 Å². The summed E-state index contributed by atoms with van der Waals surface area (Å²) in [6.07, 6.45) is 1.56. The van der Waals surface area contributed by atoms with Crippen LogP contribution in [0.2, 0.25) is 0 Å². The van der Waals surface area contributed by atoms with Gasteiger partial charge in [0, 0.05) is 19.5 Å². The number of nitrogens with zero attached hydrogens (tertiary/aromatic N) is 1. The number of hydrogen-bond acceptors (Lipinski definition) is 3. The van der Waals surface area contributed by atoms with Crippen molar-refractivity contribution in [3.05, 3.63) is 29.8 Å². The molecular formula is C16H25ClN2O2. The molecule has 1 aromatic rings. The van der Waals surface area contributed by atoms with Crippen molar-refractivity contribution in [3.63, 3.8) is 0 Å². The molecule has 5 heteroatoms. The van der Waals surface area contributed by atoms with E-state index in [0.717, 1.165) is 30.8 Å². The zero-order valence-corrected chi connectivity index (χ0v) is 13.6. The third-order valence-electron chi connectivity index (χ3n) is 4.12. The van der Waals surface area contributed by atoms with Crippen LogP contribution in [0.1, 0.15) is 31.2 Å². The van der Waals surface area contributed by atoms with Crippen LogP contribution in [-0.2, 0) is 4.79 Å². The monoisotopic (exact) mass is 312 g/mol. The van der Waals surface area contributed by atoms with Gasteiger partial charge in [-0.3, -0.25) is 4.79 Å². The summed E-state index contributed by atoms with van der Waals surface area (Å²) in [6.45, 7) is 4.41. The van der Waals surface area contributed by atoms with Gasteiger partial charge >= 0.3 is 0 Å². The Morgan fingerprint density at radius 1 is 1.48 bits per heavy atom. The van der Waals surface area contributed by atoms with Gasteiger partial charge < -0.3 is 15.4 Å². The number of methoxy groups -OCH3 is 1. The van der Waals surface area contributed by atoms with E-state index in [4.69, 9.17) is 10.5 Å². The van der Waals surface area contributed by atoms with E-state index in [1.54, 1.807) is 7.11 Å². The third kappa shape index (κ3) is 4.35. The van der Waals surface area contributed by atoms with Gasteiger partial charge in [0.25, 0.3) is 0 Å². The summed E-state index contributed by atoms with van der Waals surface area (Å²) in [5, 5.41) is 0. The second-order valence-corrected chi connectivity index (χ2v) is 5.58. The predicted octanol–water partition coefficient (Wildman–Crippen LogP) is 2.42. The highest BCUT2D eigenvalue weighted by atomic mass is 35.5. The SMILES string of the molecule is COc1ccccc1C(C)CC(=O)N1CCC(CN)C1.Cl. The van der Waals surface area contributed by atoms with Crippen molar-refractivity contribution in [2.45, 2.75) is 25.7 Å². The van der Waals surface area contributed by atoms with E-state index in [-0.39, 0.29) is 24.2 Å². The molecule has 1 heterocycles. The fourth-order valence-corrected chi connectivity index (χ4v) is 2.83. The Labute approximate surface area is 133 Å². The molecule has 1 aliphatic heterocycles. The molecule has 21 heavy (non-hydrogen) atoms. The van der Waals surface area contributed by atoms with Crippen LogP contribution < -0.4 is 10.5 Å². The number of para-hydroxylation sites is 1. The molecule has 1 saturated heterocycles. The van der Waals surface area contributed by atoms with Crippen LogP contribution in [0.5, 0.6) is 5.75 Å². The van der Waals surface area contributed by atoms with E-state index in [1.807, 2.05) is 29.2 Å². The molecule has 1 aliphatic rings. The van der Waals surface area contributed by atoms with Crippen molar-refractivity contribution in [1.82, 2.24) is 4.90 Å². The molecule has 0 bridgehead atoms. The Morgan fingerprint density at radius 2 is 2.19 bits per heavy atom. The average molecular weight is 313 g/mol. The van der Waals surface area contributed by atoms with Crippen molar-refractivity contribution in [3.8, 4) is 5.75 Å². The lowest BCUT2D eigenvalue weighted by Gasteiger charge is -2.20. The first kappa shape index (κ1) is 17.8. The molecule has 0 aliphatic carbocycles. The van der Waals surface area contributed by atoms with Gasteiger partial charge in [-0.15, -0.1) is 12.4 Å². The number of amides is 1. The van der Waals surface area contributed by atoms with Gasteiger partial charge in [0.1, 0.15) is 5.75 Å². The molecule has 4 nitrogen and oxygen atoms in total. The minimum atomic E-state index is 0. The quantitative estimate of drug-likeness (QED) is 0.908. The van der Waals surface area contributed by atoms with Crippen molar-refractivity contribution < 1.29 is 9.53 Å². The van der Waals surface area contributed by atoms with E-state index >= 15 is 0 Å². The van der Waals surface area contributed by atoms with E-state index in [9.17, 15) is 4.79 Å². The topological polar surface area (TPSA) is 55.6 Å². The van der Waals surface area contributed by atoms with E-state index in [0.29, 0.717) is 18.9 Å². The highest BCUT2D eigenvalue weighted by molar-refractivity contribution is 5.85. The first-order valence-electron chi connectivity index (χ1n) is 7.26. The molecule has 2 atom stereocenters. The minimum absolute atomic E-state index is 0. The first-order chi connectivity index (χ1) is 9.65. The van der Waals surface area contributed by atoms with Gasteiger partial charge in [0.05, 0.1) is 7.11 Å². The second-order valence-electron chi connectivity index (χ2n) is 5.58. The van der Waals surface area contributed by atoms with E-state index in [2.05, 4.69) is 6.92 Å². The third-order valence-corrected chi connectivity index (χ3v) is 4.12. The number of nitrogens with two attached hydrogens (primary N) is 1. The van der Waals surface area contributed by atoms with E-state index < -0.39 is 0 Å². The van der Waals surface area contributed by atoms with Crippen molar-refractivity contribution in [2.24, 2.45) is 11.7 Å². The van der Waals surface area contributed by atoms with Crippen LogP contribution in [0.25, 0.3) is 0 Å². The van der Waals surface area contributed by atoms with Crippen molar-refractivity contribution >= 4 is 18.3 Å². The lowest BCUT2D eigenvalue weighted by molar-refractivity contribution is -0.130. The maximum absolute atomic E-state index is 12.3. The molecule has 0 saturated carbocycles. The summed E-state index contributed by atoms with van der Waals surface area (Å²) in [5.74, 6) is 1.71. The van der Waals surface area contributed by atoms with Crippen LogP contribution in [0.3, 0.4) is 0 Å². The molecule has 1 aromatic carbocycles. The Kier molecular flexibility index (Phi) is 6.99. The lowest BCUT2D eigenvalue weighted by atomic mass is 9.96. The summed E-state index contributed by atoms with van der Waals surface area (Å²) in [6, 6.07) is 7.91. The molecule has 0 spiro atoms. The number of likely N-dealkylation sites (tertiary alicyclic amines) is 1. The summed E-state index contributed by atoms with van der Waals surface area (Å²) in [7, 11) is 1.67. The minimum Gasteiger partial charge on any atom is -0.496 e. The zero-order chi connectivity index (χ0) is 14.5. The largest absolute Gasteiger partial charge is 0.496 e. The van der Waals surface area contributed by atoms with Crippen LogP contribution >= 0.6 is 12.4 Å². The molecule has 2 rings (SSSR count). The molecule has 1 amide bonds. The normalized spacial score (nSPS) is 19.0. The highest BCUT2D eigenvalue weighted by Crippen LogP contribution is 2.29. The lowest BCUT2D eigenvalue weighted by Crippen LogP contribution is -2.30. The average Bonchev–Trinajstić information content (AvgIpc) is 2.96. The number of ether oxygens (including phenoxy) is 1. The van der Waals surface area contributed by atoms with Crippen LogP contribution in [0.15, 0.2) is 24.3 Å². The summed E-state index contributed by atoms with van der Waals surface area (Å²) in [5.41, 5.74) is 6.77. The van der Waals surface area contributed by atoms with Gasteiger partial charge in [-0.05, 0) is 36.4 Å². The number of carbonyl (C=O) groups is 1. The number of rotatable bonds is 5. The molecular weight excluding hydrogens is 288 g/mol. The molecule has 118 valence electrons. The second kappa shape index (κ2) is 8.25. The van der Waals surface area contributed by atoms with Gasteiger partial charge in [0.2, 0.25) is 5.91 Å². The number of benzene rings is 1. The Bertz CT molecular complexity index is 467. The standard InChI is InChI=1S/C16H24N2O2.ClH/c1-12(14-5-3-4-6-15(14)20-2)9-16(19)18-8-7-13(10-17)11-18;/h3-6,12-13H,7-11,17H2,1-2H3;1H. The van der Waals surface area contributed by atoms with Gasteiger partial charge in [0.15, 0.2) is 0 Å². The molecule has 1 fully saturated rings. The summed E-state index contributed by atoms with van der Waals surface area (Å²) >= 11 is 0. The van der Waals surface area contributed by atoms with E-state index in [1.165, 1.54) is 0 Å². The van der Waals surface area contributed by atoms with Crippen molar-refractivity contribution in [1.29, 1.82) is 0 Å². The van der Waals surface area contributed by atoms with Crippen LogP contribution in [0.4, 0.5) is 0 Å². The van der Waals surface area contributed by atoms with Crippen LogP contribution in [-0.4, -0.2) is 37.6 Å². The number of hydrogen-bond donors (Lipinski definition) is 1. The van der Waals surface area contributed by atoms with Crippen LogP contribution in [0, 0.1) is 5.92 Å². The maximum Gasteiger partial charge on any atom is 0.223 e. The molecule has 2 N–H and O–H groups in total. The number of carbonyl (C=O) groups excluding carboxylic acids is 1.